The molecule has 0 aliphatic carbocycles. The van der Waals surface area contributed by atoms with E-state index in [1.165, 1.54) is 0 Å². The van der Waals surface area contributed by atoms with Gasteiger partial charge in [0.1, 0.15) is 11.9 Å². The first-order valence-corrected chi connectivity index (χ1v) is 6.45. The average molecular weight is 256 g/mol. The van der Waals surface area contributed by atoms with Crippen LogP contribution in [0.2, 0.25) is 0 Å². The Balaban J connectivity index is 2.22. The summed E-state index contributed by atoms with van der Waals surface area (Å²) in [7, 11) is 0. The first-order valence-electron chi connectivity index (χ1n) is 6.45. The largest absolute Gasteiger partial charge is 0.485 e. The summed E-state index contributed by atoms with van der Waals surface area (Å²) in [4.78, 5) is 0. The van der Waals surface area contributed by atoms with Gasteiger partial charge in [-0.3, -0.25) is 0 Å². The summed E-state index contributed by atoms with van der Waals surface area (Å²) >= 11 is 0. The average Bonchev–Trinajstić information content (AvgIpc) is 2.41. The number of benzene rings is 2. The summed E-state index contributed by atoms with van der Waals surface area (Å²) in [6.07, 6.45) is 0.0646. The van der Waals surface area contributed by atoms with E-state index in [2.05, 4.69) is 0 Å². The monoisotopic (exact) mass is 256 g/mol. The number of aryl methyl sites for hydroxylation is 1. The summed E-state index contributed by atoms with van der Waals surface area (Å²) in [6.45, 7) is 2.03. The normalized spacial score (nSPS) is 12.4. The molecule has 1 atom stereocenters. The number of nitrogens with two attached hydrogens (primary N) is 2. The highest BCUT2D eigenvalue weighted by molar-refractivity contribution is 5.33. The summed E-state index contributed by atoms with van der Waals surface area (Å²) in [6, 6.07) is 18.0. The molecule has 2 aromatic rings. The molecule has 3 heteroatoms. The summed E-state index contributed by atoms with van der Waals surface area (Å²) in [5.41, 5.74) is 13.6. The zero-order chi connectivity index (χ0) is 13.7. The van der Waals surface area contributed by atoms with Crippen LogP contribution in [0.1, 0.15) is 23.7 Å². The highest BCUT2D eigenvalue weighted by atomic mass is 16.5. The minimum absolute atomic E-state index is 0.123. The van der Waals surface area contributed by atoms with E-state index in [-0.39, 0.29) is 6.10 Å². The van der Waals surface area contributed by atoms with Crippen molar-refractivity contribution in [1.82, 2.24) is 0 Å². The highest BCUT2D eigenvalue weighted by Crippen LogP contribution is 2.27. The molecule has 0 saturated carbocycles. The summed E-state index contributed by atoms with van der Waals surface area (Å²) < 4.78 is 6.08. The molecule has 2 rings (SSSR count). The fourth-order valence-corrected chi connectivity index (χ4v) is 2.01. The third-order valence-corrected chi connectivity index (χ3v) is 3.02. The van der Waals surface area contributed by atoms with Gasteiger partial charge in [-0.15, -0.1) is 0 Å². The highest BCUT2D eigenvalue weighted by Gasteiger charge is 2.16. The Labute approximate surface area is 114 Å². The van der Waals surface area contributed by atoms with E-state index in [1.54, 1.807) is 0 Å². The SMILES string of the molecule is Cc1ccccc1OC(CC(N)N)c1ccccc1. The molecule has 2 aromatic carbocycles. The van der Waals surface area contributed by atoms with E-state index >= 15 is 0 Å². The molecule has 19 heavy (non-hydrogen) atoms. The minimum atomic E-state index is -0.394. The number of rotatable bonds is 5. The van der Waals surface area contributed by atoms with Gasteiger partial charge in [0, 0.05) is 6.42 Å². The van der Waals surface area contributed by atoms with Gasteiger partial charge in [0.05, 0.1) is 6.17 Å². The van der Waals surface area contributed by atoms with Crippen LogP contribution in [-0.2, 0) is 0 Å². The first kappa shape index (κ1) is 13.6. The van der Waals surface area contributed by atoms with Gasteiger partial charge in [0.25, 0.3) is 0 Å². The lowest BCUT2D eigenvalue weighted by atomic mass is 10.1. The van der Waals surface area contributed by atoms with Crippen LogP contribution < -0.4 is 16.2 Å². The van der Waals surface area contributed by atoms with Gasteiger partial charge in [-0.05, 0) is 24.1 Å². The molecule has 0 spiro atoms. The van der Waals surface area contributed by atoms with E-state index < -0.39 is 6.17 Å². The Bertz CT molecular complexity index is 511. The van der Waals surface area contributed by atoms with E-state index in [0.717, 1.165) is 16.9 Å². The molecule has 0 heterocycles. The van der Waals surface area contributed by atoms with Crippen molar-refractivity contribution in [3.05, 3.63) is 65.7 Å². The molecule has 0 aromatic heterocycles. The van der Waals surface area contributed by atoms with E-state index in [4.69, 9.17) is 16.2 Å². The van der Waals surface area contributed by atoms with Gasteiger partial charge < -0.3 is 16.2 Å². The van der Waals surface area contributed by atoms with Gasteiger partial charge in [0.2, 0.25) is 0 Å². The number of hydrogen-bond donors (Lipinski definition) is 2. The molecule has 0 bridgehead atoms. The summed E-state index contributed by atoms with van der Waals surface area (Å²) in [5, 5.41) is 0. The van der Waals surface area contributed by atoms with Crippen LogP contribution in [0.3, 0.4) is 0 Å². The van der Waals surface area contributed by atoms with Crippen molar-refractivity contribution in [3.63, 3.8) is 0 Å². The molecule has 0 saturated heterocycles. The third-order valence-electron chi connectivity index (χ3n) is 3.02. The van der Waals surface area contributed by atoms with Gasteiger partial charge in [-0.1, -0.05) is 48.5 Å². The van der Waals surface area contributed by atoms with Gasteiger partial charge in [0.15, 0.2) is 0 Å². The predicted octanol–water partition coefficient (Wildman–Crippen LogP) is 2.75. The van der Waals surface area contributed by atoms with Crippen LogP contribution in [0.25, 0.3) is 0 Å². The summed E-state index contributed by atoms with van der Waals surface area (Å²) in [5.74, 6) is 0.872. The molecule has 0 fully saturated rings. The van der Waals surface area contributed by atoms with Crippen molar-refractivity contribution in [2.45, 2.75) is 25.6 Å². The van der Waals surface area contributed by atoms with Crippen LogP contribution in [-0.4, -0.2) is 6.17 Å². The molecule has 100 valence electrons. The molecular formula is C16H20N2O. The van der Waals surface area contributed by atoms with Gasteiger partial charge in [-0.2, -0.15) is 0 Å². The van der Waals surface area contributed by atoms with Crippen LogP contribution >= 0.6 is 0 Å². The lowest BCUT2D eigenvalue weighted by molar-refractivity contribution is 0.184. The Morgan fingerprint density at radius 3 is 2.21 bits per heavy atom. The Morgan fingerprint density at radius 2 is 1.58 bits per heavy atom. The predicted molar refractivity (Wildman–Crippen MR) is 77.8 cm³/mol. The molecule has 0 aliphatic heterocycles. The fraction of sp³-hybridized carbons (Fsp3) is 0.250. The van der Waals surface area contributed by atoms with Crippen molar-refractivity contribution >= 4 is 0 Å². The zero-order valence-electron chi connectivity index (χ0n) is 11.1. The number of para-hydroxylation sites is 1. The first-order chi connectivity index (χ1) is 9.16. The molecular weight excluding hydrogens is 236 g/mol. The van der Waals surface area contributed by atoms with Crippen molar-refractivity contribution < 1.29 is 4.74 Å². The smallest absolute Gasteiger partial charge is 0.126 e. The maximum atomic E-state index is 6.08. The van der Waals surface area contributed by atoms with E-state index in [0.29, 0.717) is 6.42 Å². The van der Waals surface area contributed by atoms with E-state index in [1.807, 2.05) is 61.5 Å². The van der Waals surface area contributed by atoms with Crippen LogP contribution in [0, 0.1) is 6.92 Å². The molecule has 0 aliphatic rings. The molecule has 0 amide bonds. The number of ether oxygens (including phenoxy) is 1. The molecule has 3 nitrogen and oxygen atoms in total. The van der Waals surface area contributed by atoms with Crippen LogP contribution in [0.4, 0.5) is 0 Å². The topological polar surface area (TPSA) is 61.3 Å². The van der Waals surface area contributed by atoms with Gasteiger partial charge in [-0.25, -0.2) is 0 Å². The van der Waals surface area contributed by atoms with Crippen molar-refractivity contribution in [3.8, 4) is 5.75 Å². The maximum Gasteiger partial charge on any atom is 0.126 e. The standard InChI is InChI=1S/C16H20N2O/c1-12-7-5-6-10-14(12)19-15(11-16(17)18)13-8-3-2-4-9-13/h2-10,15-16H,11,17-18H2,1H3. The maximum absolute atomic E-state index is 6.08. The Kier molecular flexibility index (Phi) is 4.55. The quantitative estimate of drug-likeness (QED) is 0.809. The lowest BCUT2D eigenvalue weighted by Crippen LogP contribution is -2.33. The molecule has 1 unspecified atom stereocenters. The molecule has 0 radical (unpaired) electrons. The second-order valence-corrected chi connectivity index (χ2v) is 4.68. The van der Waals surface area contributed by atoms with Crippen LogP contribution in [0.15, 0.2) is 54.6 Å². The Morgan fingerprint density at radius 1 is 0.947 bits per heavy atom. The van der Waals surface area contributed by atoms with Gasteiger partial charge >= 0.3 is 0 Å². The lowest BCUT2D eigenvalue weighted by Gasteiger charge is -2.22. The zero-order valence-corrected chi connectivity index (χ0v) is 11.1. The number of hydrogen-bond acceptors (Lipinski definition) is 3. The second-order valence-electron chi connectivity index (χ2n) is 4.68. The molecule has 4 N–H and O–H groups in total. The van der Waals surface area contributed by atoms with E-state index in [9.17, 15) is 0 Å². The van der Waals surface area contributed by atoms with Crippen LogP contribution in [0.5, 0.6) is 5.75 Å². The fourth-order valence-electron chi connectivity index (χ4n) is 2.01. The third kappa shape index (κ3) is 3.81. The van der Waals surface area contributed by atoms with Crippen molar-refractivity contribution in [2.75, 3.05) is 0 Å². The Hall–Kier alpha value is -1.84. The van der Waals surface area contributed by atoms with Crippen molar-refractivity contribution in [1.29, 1.82) is 0 Å². The second kappa shape index (κ2) is 6.36. The minimum Gasteiger partial charge on any atom is -0.485 e. The van der Waals surface area contributed by atoms with Crippen molar-refractivity contribution in [2.24, 2.45) is 11.5 Å².